The van der Waals surface area contributed by atoms with E-state index in [9.17, 15) is 0 Å². The van der Waals surface area contributed by atoms with Crippen LogP contribution in [0, 0.1) is 0 Å². The van der Waals surface area contributed by atoms with E-state index in [1.54, 1.807) is 7.11 Å². The Hall–Kier alpha value is -1.62. The highest BCUT2D eigenvalue weighted by Gasteiger charge is 2.21. The number of morpholine rings is 1. The molecule has 1 aliphatic rings. The zero-order chi connectivity index (χ0) is 14.7. The summed E-state index contributed by atoms with van der Waals surface area (Å²) in [6.45, 7) is 3.35. The number of rotatable bonds is 4. The van der Waals surface area contributed by atoms with E-state index in [4.69, 9.17) is 14.6 Å². The van der Waals surface area contributed by atoms with Crippen LogP contribution in [0.4, 0.5) is 0 Å². The molecule has 1 aliphatic heterocycles. The average molecular weight is 287 g/mol. The van der Waals surface area contributed by atoms with E-state index < -0.39 is 0 Å². The third-order valence-electron chi connectivity index (χ3n) is 4.01. The van der Waals surface area contributed by atoms with Gasteiger partial charge in [0, 0.05) is 19.6 Å². The van der Waals surface area contributed by atoms with E-state index in [0.29, 0.717) is 13.2 Å². The van der Waals surface area contributed by atoms with Crippen molar-refractivity contribution in [2.75, 3.05) is 40.0 Å². The highest BCUT2D eigenvalue weighted by atomic mass is 16.5. The van der Waals surface area contributed by atoms with Gasteiger partial charge in [-0.1, -0.05) is 18.2 Å². The molecule has 0 spiro atoms. The van der Waals surface area contributed by atoms with Crippen LogP contribution in [0.25, 0.3) is 10.8 Å². The first-order valence-corrected chi connectivity index (χ1v) is 7.32. The first-order chi connectivity index (χ1) is 10.3. The van der Waals surface area contributed by atoms with Gasteiger partial charge in [0.1, 0.15) is 5.75 Å². The molecule has 2 aromatic rings. The van der Waals surface area contributed by atoms with Gasteiger partial charge in [-0.05, 0) is 34.5 Å². The third-order valence-corrected chi connectivity index (χ3v) is 4.01. The fraction of sp³-hybridized carbons (Fsp3) is 0.412. The van der Waals surface area contributed by atoms with Crippen molar-refractivity contribution in [2.45, 2.75) is 6.10 Å². The van der Waals surface area contributed by atoms with Crippen molar-refractivity contribution >= 4 is 10.8 Å². The summed E-state index contributed by atoms with van der Waals surface area (Å²) in [6, 6.07) is 12.5. The van der Waals surface area contributed by atoms with Crippen LogP contribution in [0.15, 0.2) is 36.4 Å². The molecule has 2 aromatic carbocycles. The number of hydrogen-bond acceptors (Lipinski definition) is 4. The largest absolute Gasteiger partial charge is 0.497 e. The molecular formula is C17H21NO3. The fourth-order valence-electron chi connectivity index (χ4n) is 2.82. The summed E-state index contributed by atoms with van der Waals surface area (Å²) >= 11 is 0. The van der Waals surface area contributed by atoms with Gasteiger partial charge in [0.25, 0.3) is 0 Å². The van der Waals surface area contributed by atoms with Gasteiger partial charge in [0.15, 0.2) is 0 Å². The molecule has 0 amide bonds. The van der Waals surface area contributed by atoms with Crippen molar-refractivity contribution < 1.29 is 14.6 Å². The van der Waals surface area contributed by atoms with Crippen molar-refractivity contribution in [3.63, 3.8) is 0 Å². The van der Waals surface area contributed by atoms with Crippen molar-refractivity contribution in [3.8, 4) is 5.75 Å². The molecule has 0 bridgehead atoms. The molecule has 112 valence electrons. The van der Waals surface area contributed by atoms with E-state index in [2.05, 4.69) is 29.2 Å². The number of nitrogens with zero attached hydrogens (tertiary/aromatic N) is 1. The molecule has 1 N–H and O–H groups in total. The summed E-state index contributed by atoms with van der Waals surface area (Å²) in [6.07, 6.45) is 0.0804. The maximum Gasteiger partial charge on any atom is 0.119 e. The highest BCUT2D eigenvalue weighted by molar-refractivity contribution is 5.84. The standard InChI is InChI=1S/C17H21NO3/c1-20-16-5-4-13-10-15(3-2-14(13)11-16)17-12-18(6-8-19)7-9-21-17/h2-5,10-11,17,19H,6-9,12H2,1H3. The van der Waals surface area contributed by atoms with Gasteiger partial charge in [-0.15, -0.1) is 0 Å². The Kier molecular flexibility index (Phi) is 4.39. The molecule has 1 unspecified atom stereocenters. The van der Waals surface area contributed by atoms with Gasteiger partial charge >= 0.3 is 0 Å². The Morgan fingerprint density at radius 1 is 1.24 bits per heavy atom. The van der Waals surface area contributed by atoms with Crippen LogP contribution in [0.5, 0.6) is 5.75 Å². The molecule has 0 radical (unpaired) electrons. The van der Waals surface area contributed by atoms with E-state index in [-0.39, 0.29) is 12.7 Å². The Morgan fingerprint density at radius 2 is 2.05 bits per heavy atom. The second-order valence-corrected chi connectivity index (χ2v) is 5.36. The number of β-amino-alcohol motifs (C(OH)–C–C–N with tert-alkyl or cyclic N) is 1. The molecule has 0 saturated carbocycles. The minimum Gasteiger partial charge on any atom is -0.497 e. The minimum absolute atomic E-state index is 0.0804. The maximum atomic E-state index is 9.07. The quantitative estimate of drug-likeness (QED) is 0.936. The van der Waals surface area contributed by atoms with Gasteiger partial charge in [0.05, 0.1) is 26.4 Å². The van der Waals surface area contributed by atoms with Crippen molar-refractivity contribution in [3.05, 3.63) is 42.0 Å². The monoisotopic (exact) mass is 287 g/mol. The molecule has 1 fully saturated rings. The molecule has 4 nitrogen and oxygen atoms in total. The Labute approximate surface area is 124 Å². The first kappa shape index (κ1) is 14.3. The van der Waals surface area contributed by atoms with Gasteiger partial charge in [-0.25, -0.2) is 0 Å². The number of benzene rings is 2. The van der Waals surface area contributed by atoms with Crippen molar-refractivity contribution in [1.82, 2.24) is 4.90 Å². The van der Waals surface area contributed by atoms with Gasteiger partial charge < -0.3 is 14.6 Å². The topological polar surface area (TPSA) is 41.9 Å². The number of hydrogen-bond donors (Lipinski definition) is 1. The maximum absolute atomic E-state index is 9.07. The molecule has 21 heavy (non-hydrogen) atoms. The highest BCUT2D eigenvalue weighted by Crippen LogP contribution is 2.27. The minimum atomic E-state index is 0.0804. The van der Waals surface area contributed by atoms with E-state index in [0.717, 1.165) is 18.8 Å². The van der Waals surface area contributed by atoms with Crippen LogP contribution in [0.1, 0.15) is 11.7 Å². The molecule has 1 saturated heterocycles. The number of aliphatic hydroxyl groups is 1. The fourth-order valence-corrected chi connectivity index (χ4v) is 2.82. The molecule has 1 atom stereocenters. The van der Waals surface area contributed by atoms with Crippen molar-refractivity contribution in [1.29, 1.82) is 0 Å². The summed E-state index contributed by atoms with van der Waals surface area (Å²) in [4.78, 5) is 2.24. The molecule has 0 aromatic heterocycles. The first-order valence-electron chi connectivity index (χ1n) is 7.32. The van der Waals surface area contributed by atoms with Crippen molar-refractivity contribution in [2.24, 2.45) is 0 Å². The Morgan fingerprint density at radius 3 is 2.86 bits per heavy atom. The third kappa shape index (κ3) is 3.18. The molecule has 0 aliphatic carbocycles. The van der Waals surface area contributed by atoms with Crippen LogP contribution < -0.4 is 4.74 Å². The second-order valence-electron chi connectivity index (χ2n) is 5.36. The van der Waals surface area contributed by atoms with Gasteiger partial charge in [0.2, 0.25) is 0 Å². The molecule has 3 rings (SSSR count). The summed E-state index contributed by atoms with van der Waals surface area (Å²) in [5, 5.41) is 11.4. The number of ether oxygens (including phenoxy) is 2. The zero-order valence-corrected chi connectivity index (χ0v) is 12.3. The van der Waals surface area contributed by atoms with Gasteiger partial charge in [-0.2, -0.15) is 0 Å². The van der Waals surface area contributed by atoms with Crippen LogP contribution in [-0.2, 0) is 4.74 Å². The molecule has 4 heteroatoms. The van der Waals surface area contributed by atoms with Crippen LogP contribution in [0.2, 0.25) is 0 Å². The second kappa shape index (κ2) is 6.43. The number of fused-ring (bicyclic) bond motifs is 1. The molecule has 1 heterocycles. The van der Waals surface area contributed by atoms with Crippen LogP contribution in [-0.4, -0.2) is 50.0 Å². The van der Waals surface area contributed by atoms with E-state index in [1.807, 2.05) is 12.1 Å². The summed E-state index contributed by atoms with van der Waals surface area (Å²) in [7, 11) is 1.68. The summed E-state index contributed by atoms with van der Waals surface area (Å²) < 4.78 is 11.1. The van der Waals surface area contributed by atoms with E-state index >= 15 is 0 Å². The SMILES string of the molecule is COc1ccc2cc(C3CN(CCO)CCO3)ccc2c1. The Bertz CT molecular complexity index is 612. The lowest BCUT2D eigenvalue weighted by molar-refractivity contribution is -0.0337. The average Bonchev–Trinajstić information content (AvgIpc) is 2.54. The predicted octanol–water partition coefficient (Wildman–Crippen LogP) is 2.21. The lowest BCUT2D eigenvalue weighted by Gasteiger charge is -2.32. The van der Waals surface area contributed by atoms with E-state index in [1.165, 1.54) is 16.3 Å². The van der Waals surface area contributed by atoms with Gasteiger partial charge in [-0.3, -0.25) is 4.90 Å². The normalized spacial score (nSPS) is 19.8. The number of methoxy groups -OCH3 is 1. The lowest BCUT2D eigenvalue weighted by Crippen LogP contribution is -2.39. The number of aliphatic hydroxyl groups excluding tert-OH is 1. The van der Waals surface area contributed by atoms with Crippen LogP contribution >= 0.6 is 0 Å². The summed E-state index contributed by atoms with van der Waals surface area (Å²) in [5.41, 5.74) is 1.19. The smallest absolute Gasteiger partial charge is 0.119 e. The molecular weight excluding hydrogens is 266 g/mol. The predicted molar refractivity (Wildman–Crippen MR) is 82.7 cm³/mol. The summed E-state index contributed by atoms with van der Waals surface area (Å²) in [5.74, 6) is 0.873. The van der Waals surface area contributed by atoms with Crippen LogP contribution in [0.3, 0.4) is 0 Å². The lowest BCUT2D eigenvalue weighted by atomic mass is 10.0. The zero-order valence-electron chi connectivity index (χ0n) is 12.3. The Balaban J connectivity index is 1.83.